The molecule has 3 rings (SSSR count). The van der Waals surface area contributed by atoms with E-state index in [-0.39, 0.29) is 12.0 Å². The number of nitrogens with zero attached hydrogens (tertiary/aromatic N) is 2. The lowest BCUT2D eigenvalue weighted by Crippen LogP contribution is -2.29. The van der Waals surface area contributed by atoms with E-state index in [1.807, 2.05) is 55.8 Å². The lowest BCUT2D eigenvalue weighted by atomic mass is 9.92. The van der Waals surface area contributed by atoms with Gasteiger partial charge >= 0.3 is 5.97 Å². The zero-order valence-electron chi connectivity index (χ0n) is 13.0. The molecule has 5 heteroatoms. The van der Waals surface area contributed by atoms with Crippen LogP contribution in [0.2, 0.25) is 0 Å². The first kappa shape index (κ1) is 14.4. The molecule has 0 radical (unpaired) electrons. The third kappa shape index (κ3) is 2.28. The standard InChI is InChI=1S/C17H19N3O2/c1-4-22-16(21)14-12(3)19-17-18-9-10-20(17)15(14)13-8-6-5-7-11(13)2/h5-10,15H,4H2,1-3H3,(H,18,19). The number of allylic oxidation sites excluding steroid dienone is 1. The van der Waals surface area contributed by atoms with Gasteiger partial charge in [-0.1, -0.05) is 24.3 Å². The maximum Gasteiger partial charge on any atom is 0.338 e. The van der Waals surface area contributed by atoms with Gasteiger partial charge < -0.3 is 14.6 Å². The van der Waals surface area contributed by atoms with Crippen molar-refractivity contribution in [3.63, 3.8) is 0 Å². The number of aryl methyl sites for hydroxylation is 1. The minimum atomic E-state index is -0.292. The van der Waals surface area contributed by atoms with Gasteiger partial charge in [0.25, 0.3) is 0 Å². The molecule has 0 fully saturated rings. The molecule has 0 saturated carbocycles. The van der Waals surface area contributed by atoms with Gasteiger partial charge in [0, 0.05) is 18.1 Å². The molecule has 0 aliphatic carbocycles. The monoisotopic (exact) mass is 297 g/mol. The van der Waals surface area contributed by atoms with E-state index < -0.39 is 0 Å². The topological polar surface area (TPSA) is 56.1 Å². The maximum absolute atomic E-state index is 12.5. The average molecular weight is 297 g/mol. The number of fused-ring (bicyclic) bond motifs is 1. The smallest absolute Gasteiger partial charge is 0.338 e. The summed E-state index contributed by atoms with van der Waals surface area (Å²) >= 11 is 0. The van der Waals surface area contributed by atoms with Crippen molar-refractivity contribution >= 4 is 11.9 Å². The van der Waals surface area contributed by atoms with Crippen molar-refractivity contribution in [2.24, 2.45) is 0 Å². The molecular formula is C17H19N3O2. The van der Waals surface area contributed by atoms with Gasteiger partial charge in [0.2, 0.25) is 5.95 Å². The second kappa shape index (κ2) is 5.67. The molecule has 22 heavy (non-hydrogen) atoms. The third-order valence-corrected chi connectivity index (χ3v) is 3.90. The van der Waals surface area contributed by atoms with Gasteiger partial charge in [0.15, 0.2) is 0 Å². The van der Waals surface area contributed by atoms with E-state index in [1.165, 1.54) is 0 Å². The van der Waals surface area contributed by atoms with Crippen LogP contribution in [0.15, 0.2) is 47.9 Å². The predicted molar refractivity (Wildman–Crippen MR) is 84.5 cm³/mol. The second-order valence-corrected chi connectivity index (χ2v) is 5.30. The minimum absolute atomic E-state index is 0.223. The molecule has 5 nitrogen and oxygen atoms in total. The van der Waals surface area contributed by atoms with Crippen molar-refractivity contribution in [2.45, 2.75) is 26.8 Å². The van der Waals surface area contributed by atoms with Crippen molar-refractivity contribution in [1.82, 2.24) is 9.55 Å². The molecule has 0 spiro atoms. The summed E-state index contributed by atoms with van der Waals surface area (Å²) in [6.07, 6.45) is 3.61. The first-order chi connectivity index (χ1) is 10.6. The third-order valence-electron chi connectivity index (χ3n) is 3.90. The molecule has 1 aliphatic heterocycles. The fraction of sp³-hybridized carbons (Fsp3) is 0.294. The Hall–Kier alpha value is -2.56. The van der Waals surface area contributed by atoms with Gasteiger partial charge in [-0.05, 0) is 31.9 Å². The Balaban J connectivity index is 2.18. The van der Waals surface area contributed by atoms with Crippen LogP contribution < -0.4 is 5.32 Å². The fourth-order valence-electron chi connectivity index (χ4n) is 2.87. The number of nitrogens with one attached hydrogen (secondary N) is 1. The number of esters is 1. The lowest BCUT2D eigenvalue weighted by Gasteiger charge is -2.30. The maximum atomic E-state index is 12.5. The summed E-state index contributed by atoms with van der Waals surface area (Å²) in [5.74, 6) is 0.443. The van der Waals surface area contributed by atoms with Crippen LogP contribution in [0.25, 0.3) is 0 Å². The summed E-state index contributed by atoms with van der Waals surface area (Å²) in [7, 11) is 0. The number of carbonyl (C=O) groups is 1. The first-order valence-electron chi connectivity index (χ1n) is 7.36. The van der Waals surface area contributed by atoms with Crippen LogP contribution in [0.4, 0.5) is 5.95 Å². The molecule has 2 heterocycles. The van der Waals surface area contributed by atoms with Gasteiger partial charge in [-0.3, -0.25) is 0 Å². The highest BCUT2D eigenvalue weighted by Gasteiger charge is 2.33. The summed E-state index contributed by atoms with van der Waals surface area (Å²) < 4.78 is 7.24. The quantitative estimate of drug-likeness (QED) is 0.885. The number of rotatable bonds is 3. The number of hydrogen-bond donors (Lipinski definition) is 1. The highest BCUT2D eigenvalue weighted by molar-refractivity contribution is 5.92. The van der Waals surface area contributed by atoms with Crippen LogP contribution in [-0.4, -0.2) is 22.1 Å². The predicted octanol–water partition coefficient (Wildman–Crippen LogP) is 3.04. The Bertz CT molecular complexity index is 746. The van der Waals surface area contributed by atoms with E-state index in [2.05, 4.69) is 10.3 Å². The zero-order chi connectivity index (χ0) is 15.7. The molecule has 0 amide bonds. The van der Waals surface area contributed by atoms with Crippen LogP contribution in [0, 0.1) is 6.92 Å². The SMILES string of the molecule is CCOC(=O)C1=C(C)Nc2nccn2C1c1ccccc1C. The van der Waals surface area contributed by atoms with Crippen molar-refractivity contribution < 1.29 is 9.53 Å². The summed E-state index contributed by atoms with van der Waals surface area (Å²) in [6, 6.07) is 7.85. The number of anilines is 1. The highest BCUT2D eigenvalue weighted by Crippen LogP contribution is 2.37. The van der Waals surface area contributed by atoms with Crippen LogP contribution in [0.1, 0.15) is 31.0 Å². The Labute approximate surface area is 129 Å². The molecule has 1 aliphatic rings. The lowest BCUT2D eigenvalue weighted by molar-refractivity contribution is -0.139. The van der Waals surface area contributed by atoms with Crippen LogP contribution in [0.5, 0.6) is 0 Å². The Morgan fingerprint density at radius 3 is 2.86 bits per heavy atom. The molecule has 1 unspecified atom stereocenters. The molecule has 114 valence electrons. The number of carbonyl (C=O) groups excluding carboxylic acids is 1. The van der Waals surface area contributed by atoms with Crippen molar-refractivity contribution in [3.05, 3.63) is 59.1 Å². The van der Waals surface area contributed by atoms with Gasteiger partial charge in [0.1, 0.15) is 0 Å². The van der Waals surface area contributed by atoms with Crippen molar-refractivity contribution in [2.75, 3.05) is 11.9 Å². The van der Waals surface area contributed by atoms with Gasteiger partial charge in [-0.15, -0.1) is 0 Å². The van der Waals surface area contributed by atoms with Gasteiger partial charge in [0.05, 0.1) is 18.2 Å². The normalized spacial score (nSPS) is 17.0. The van der Waals surface area contributed by atoms with E-state index in [0.717, 1.165) is 22.8 Å². The fourth-order valence-corrected chi connectivity index (χ4v) is 2.87. The molecule has 1 aromatic heterocycles. The van der Waals surface area contributed by atoms with Gasteiger partial charge in [-0.2, -0.15) is 0 Å². The van der Waals surface area contributed by atoms with E-state index in [4.69, 9.17) is 4.74 Å². The number of hydrogen-bond acceptors (Lipinski definition) is 4. The largest absolute Gasteiger partial charge is 0.463 e. The second-order valence-electron chi connectivity index (χ2n) is 5.30. The number of benzene rings is 1. The van der Waals surface area contributed by atoms with Crippen LogP contribution >= 0.6 is 0 Å². The molecule has 0 bridgehead atoms. The van der Waals surface area contributed by atoms with Crippen LogP contribution in [-0.2, 0) is 9.53 Å². The van der Waals surface area contributed by atoms with E-state index in [0.29, 0.717) is 12.2 Å². The first-order valence-corrected chi connectivity index (χ1v) is 7.36. The number of imidazole rings is 1. The Morgan fingerprint density at radius 1 is 1.36 bits per heavy atom. The summed E-state index contributed by atoms with van der Waals surface area (Å²) in [4.78, 5) is 16.8. The molecule has 1 atom stereocenters. The zero-order valence-corrected chi connectivity index (χ0v) is 13.0. The van der Waals surface area contributed by atoms with Crippen LogP contribution in [0.3, 0.4) is 0 Å². The summed E-state index contributed by atoms with van der Waals surface area (Å²) in [5.41, 5.74) is 3.61. The molecule has 1 aromatic carbocycles. The Morgan fingerprint density at radius 2 is 2.14 bits per heavy atom. The van der Waals surface area contributed by atoms with Gasteiger partial charge in [-0.25, -0.2) is 9.78 Å². The minimum Gasteiger partial charge on any atom is -0.463 e. The molecule has 0 saturated heterocycles. The molecular weight excluding hydrogens is 278 g/mol. The summed E-state index contributed by atoms with van der Waals surface area (Å²) in [6.45, 7) is 6.10. The number of ether oxygens (including phenoxy) is 1. The number of aromatic nitrogens is 2. The highest BCUT2D eigenvalue weighted by atomic mass is 16.5. The summed E-state index contributed by atoms with van der Waals surface area (Å²) in [5, 5.41) is 3.18. The van der Waals surface area contributed by atoms with Crippen molar-refractivity contribution in [3.8, 4) is 0 Å². The van der Waals surface area contributed by atoms with E-state index >= 15 is 0 Å². The molecule has 1 N–H and O–H groups in total. The molecule has 2 aromatic rings. The Kier molecular flexibility index (Phi) is 3.71. The van der Waals surface area contributed by atoms with E-state index in [9.17, 15) is 4.79 Å². The van der Waals surface area contributed by atoms with E-state index in [1.54, 1.807) is 6.20 Å². The van der Waals surface area contributed by atoms with Crippen molar-refractivity contribution in [1.29, 1.82) is 0 Å². The average Bonchev–Trinajstić information content (AvgIpc) is 2.94.